The third kappa shape index (κ3) is 5.46. The van der Waals surface area contributed by atoms with Crippen molar-refractivity contribution in [2.45, 2.75) is 65.3 Å². The van der Waals surface area contributed by atoms with Crippen LogP contribution in [0, 0.1) is 12.8 Å². The summed E-state index contributed by atoms with van der Waals surface area (Å²) in [5, 5.41) is 6.09. The van der Waals surface area contributed by atoms with Crippen molar-refractivity contribution in [1.82, 2.24) is 19.9 Å². The van der Waals surface area contributed by atoms with Crippen LogP contribution in [0.5, 0.6) is 5.88 Å². The minimum absolute atomic E-state index is 0.0133. The molecule has 0 radical (unpaired) electrons. The van der Waals surface area contributed by atoms with E-state index in [0.717, 1.165) is 52.6 Å². The third-order valence-corrected chi connectivity index (χ3v) is 7.44. The van der Waals surface area contributed by atoms with Crippen LogP contribution in [0.25, 0.3) is 22.0 Å². The second kappa shape index (κ2) is 11.0. The zero-order valence-corrected chi connectivity index (χ0v) is 20.7. The maximum Gasteiger partial charge on any atom is 0.253 e. The van der Waals surface area contributed by atoms with E-state index in [-0.39, 0.29) is 5.91 Å². The molecule has 1 saturated carbocycles. The molecule has 0 aliphatic heterocycles. The van der Waals surface area contributed by atoms with Crippen molar-refractivity contribution in [3.8, 4) is 27.8 Å². The highest BCUT2D eigenvalue weighted by Crippen LogP contribution is 2.34. The zero-order chi connectivity index (χ0) is 23.2. The molecule has 0 unspecified atom stereocenters. The van der Waals surface area contributed by atoms with Crippen molar-refractivity contribution in [2.75, 3.05) is 13.7 Å². The summed E-state index contributed by atoms with van der Waals surface area (Å²) in [6.07, 6.45) is 10.3. The van der Waals surface area contributed by atoms with Gasteiger partial charge in [0.1, 0.15) is 5.01 Å². The number of amides is 1. The molecule has 1 amide bonds. The van der Waals surface area contributed by atoms with Crippen LogP contribution in [0.1, 0.15) is 67.9 Å². The Morgan fingerprint density at radius 2 is 2.09 bits per heavy atom. The summed E-state index contributed by atoms with van der Waals surface area (Å²) in [5.74, 6) is 1.26. The molecule has 1 fully saturated rings. The van der Waals surface area contributed by atoms with Crippen LogP contribution in [-0.4, -0.2) is 34.1 Å². The molecular formula is C26H34N4O2S. The lowest BCUT2D eigenvalue weighted by Gasteiger charge is -2.24. The van der Waals surface area contributed by atoms with Crippen LogP contribution < -0.4 is 10.1 Å². The summed E-state index contributed by atoms with van der Waals surface area (Å²) in [6, 6.07) is 5.86. The van der Waals surface area contributed by atoms with Crippen molar-refractivity contribution in [2.24, 2.45) is 5.92 Å². The Balaban J connectivity index is 1.65. The Bertz CT molecular complexity index is 1060. The number of pyridine rings is 1. The smallest absolute Gasteiger partial charge is 0.253 e. The van der Waals surface area contributed by atoms with Crippen LogP contribution in [0.15, 0.2) is 29.8 Å². The number of thiazole rings is 1. The van der Waals surface area contributed by atoms with E-state index in [0.29, 0.717) is 18.3 Å². The number of nitrogens with one attached hydrogen (secondary N) is 1. The van der Waals surface area contributed by atoms with E-state index < -0.39 is 0 Å². The van der Waals surface area contributed by atoms with Crippen molar-refractivity contribution in [1.29, 1.82) is 0 Å². The molecular weight excluding hydrogens is 432 g/mol. The number of aromatic nitrogens is 3. The molecule has 0 spiro atoms. The van der Waals surface area contributed by atoms with E-state index in [1.54, 1.807) is 24.6 Å². The fourth-order valence-corrected chi connectivity index (χ4v) is 5.38. The third-order valence-electron chi connectivity index (χ3n) is 6.55. The highest BCUT2D eigenvalue weighted by Gasteiger charge is 2.23. The van der Waals surface area contributed by atoms with E-state index in [4.69, 9.17) is 9.72 Å². The number of unbranched alkanes of at least 4 members (excludes halogenated alkanes) is 1. The molecule has 33 heavy (non-hydrogen) atoms. The van der Waals surface area contributed by atoms with Gasteiger partial charge in [-0.05, 0) is 44.2 Å². The minimum Gasteiger partial charge on any atom is -0.481 e. The second-order valence-corrected chi connectivity index (χ2v) is 9.74. The zero-order valence-electron chi connectivity index (χ0n) is 19.9. The van der Waals surface area contributed by atoms with Gasteiger partial charge in [-0.3, -0.25) is 4.79 Å². The largest absolute Gasteiger partial charge is 0.481 e. The van der Waals surface area contributed by atoms with Gasteiger partial charge in [0.15, 0.2) is 0 Å². The minimum atomic E-state index is 0.0133. The van der Waals surface area contributed by atoms with E-state index in [9.17, 15) is 4.79 Å². The number of carbonyl (C=O) groups excluding carboxylic acids is 1. The quantitative estimate of drug-likeness (QED) is 0.387. The Kier molecular flexibility index (Phi) is 7.81. The van der Waals surface area contributed by atoms with E-state index in [1.165, 1.54) is 32.1 Å². The first-order valence-corrected chi connectivity index (χ1v) is 12.9. The number of nitrogens with zero attached hydrogens (tertiary/aromatic N) is 3. The van der Waals surface area contributed by atoms with Gasteiger partial charge in [0.05, 0.1) is 24.1 Å². The van der Waals surface area contributed by atoms with Gasteiger partial charge < -0.3 is 14.6 Å². The molecule has 3 aromatic heterocycles. The second-order valence-electron chi connectivity index (χ2n) is 8.88. The van der Waals surface area contributed by atoms with E-state index in [1.807, 2.05) is 18.2 Å². The van der Waals surface area contributed by atoms with Crippen LogP contribution in [-0.2, 0) is 6.54 Å². The number of carbonyl (C=O) groups is 1. The summed E-state index contributed by atoms with van der Waals surface area (Å²) in [6.45, 7) is 5.86. The summed E-state index contributed by atoms with van der Waals surface area (Å²) >= 11 is 1.60. The first-order chi connectivity index (χ1) is 16.1. The van der Waals surface area contributed by atoms with E-state index in [2.05, 4.69) is 34.1 Å². The lowest BCUT2D eigenvalue weighted by Crippen LogP contribution is -2.25. The molecule has 176 valence electrons. The molecule has 0 atom stereocenters. The molecule has 1 N–H and O–H groups in total. The van der Waals surface area contributed by atoms with Gasteiger partial charge in [0.2, 0.25) is 5.88 Å². The molecule has 7 heteroatoms. The number of ether oxygens (including phenoxy) is 1. The first kappa shape index (κ1) is 23.5. The standard InChI is InChI=1S/C26H34N4O2S/c1-4-5-13-27-25(31)21-14-23(30(18(21)2)16-19-9-7-6-8-10-19)22-17-33-26(29-22)20-11-12-24(32-3)28-15-20/h11-12,14-15,17,19H,4-10,13,16H2,1-3H3,(H,27,31). The SMILES string of the molecule is CCCCNC(=O)c1cc(-c2csc(-c3ccc(OC)nc3)n2)n(CC2CCCCC2)c1C. The molecule has 4 rings (SSSR count). The molecule has 6 nitrogen and oxygen atoms in total. The van der Waals surface area contributed by atoms with Gasteiger partial charge in [-0.1, -0.05) is 32.6 Å². The maximum atomic E-state index is 13.0. The van der Waals surface area contributed by atoms with Crippen LogP contribution in [0.2, 0.25) is 0 Å². The number of rotatable bonds is 9. The van der Waals surface area contributed by atoms with Crippen LogP contribution in [0.4, 0.5) is 0 Å². The maximum absolute atomic E-state index is 13.0. The predicted octanol–water partition coefficient (Wildman–Crippen LogP) is 6.10. The van der Waals surface area contributed by atoms with Crippen LogP contribution in [0.3, 0.4) is 0 Å². The highest BCUT2D eigenvalue weighted by atomic mass is 32.1. The lowest BCUT2D eigenvalue weighted by molar-refractivity contribution is 0.0952. The highest BCUT2D eigenvalue weighted by molar-refractivity contribution is 7.13. The molecule has 1 aliphatic carbocycles. The Morgan fingerprint density at radius 3 is 2.79 bits per heavy atom. The molecule has 0 bridgehead atoms. The Hall–Kier alpha value is -2.67. The van der Waals surface area contributed by atoms with Crippen molar-refractivity contribution in [3.05, 3.63) is 41.0 Å². The molecule has 0 aromatic carbocycles. The monoisotopic (exact) mass is 466 g/mol. The van der Waals surface area contributed by atoms with Crippen molar-refractivity contribution in [3.63, 3.8) is 0 Å². The predicted molar refractivity (Wildman–Crippen MR) is 134 cm³/mol. The van der Waals surface area contributed by atoms with Gasteiger partial charge in [-0.2, -0.15) is 0 Å². The first-order valence-electron chi connectivity index (χ1n) is 12.0. The average Bonchev–Trinajstić information content (AvgIpc) is 3.45. The van der Waals surface area contributed by atoms with Gasteiger partial charge in [-0.25, -0.2) is 9.97 Å². The van der Waals surface area contributed by atoms with Gasteiger partial charge in [0, 0.05) is 42.0 Å². The fourth-order valence-electron chi connectivity index (χ4n) is 4.58. The Labute approximate surface area is 200 Å². The van der Waals surface area contributed by atoms with Gasteiger partial charge in [0.25, 0.3) is 5.91 Å². The average molecular weight is 467 g/mol. The molecule has 1 aliphatic rings. The van der Waals surface area contributed by atoms with Gasteiger partial charge >= 0.3 is 0 Å². The summed E-state index contributed by atoms with van der Waals surface area (Å²) < 4.78 is 7.50. The Morgan fingerprint density at radius 1 is 1.27 bits per heavy atom. The number of methoxy groups -OCH3 is 1. The molecule has 0 saturated heterocycles. The molecule has 3 aromatic rings. The lowest BCUT2D eigenvalue weighted by atomic mass is 9.89. The fraction of sp³-hybridized carbons (Fsp3) is 0.500. The van der Waals surface area contributed by atoms with Crippen molar-refractivity contribution >= 4 is 17.2 Å². The van der Waals surface area contributed by atoms with Crippen LogP contribution >= 0.6 is 11.3 Å². The number of hydrogen-bond acceptors (Lipinski definition) is 5. The summed E-state index contributed by atoms with van der Waals surface area (Å²) in [5.41, 5.74) is 4.70. The number of hydrogen-bond donors (Lipinski definition) is 1. The normalized spacial score (nSPS) is 14.4. The summed E-state index contributed by atoms with van der Waals surface area (Å²) in [4.78, 5) is 22.2. The molecule has 3 heterocycles. The van der Waals surface area contributed by atoms with E-state index >= 15 is 0 Å². The topological polar surface area (TPSA) is 69.0 Å². The van der Waals surface area contributed by atoms with Gasteiger partial charge in [-0.15, -0.1) is 11.3 Å². The van der Waals surface area contributed by atoms with Crippen molar-refractivity contribution < 1.29 is 9.53 Å². The summed E-state index contributed by atoms with van der Waals surface area (Å²) in [7, 11) is 1.61.